The molecule has 8 heteroatoms. The van der Waals surface area contributed by atoms with Crippen molar-refractivity contribution >= 4 is 23.9 Å². The summed E-state index contributed by atoms with van der Waals surface area (Å²) in [6.45, 7) is 8.11. The Labute approximate surface area is 527 Å². The van der Waals surface area contributed by atoms with E-state index in [0.717, 1.165) is 128 Å². The van der Waals surface area contributed by atoms with Gasteiger partial charge >= 0.3 is 23.9 Å². The zero-order chi connectivity index (χ0) is 61.7. The third kappa shape index (κ3) is 58.3. The van der Waals surface area contributed by atoms with Crippen molar-refractivity contribution in [2.75, 3.05) is 26.4 Å². The Kier molecular flexibility index (Phi) is 65.8. The molecule has 0 rings (SSSR count). The number of unbranched alkanes of at least 4 members (excludes halogenated alkanes) is 46. The van der Waals surface area contributed by atoms with E-state index < -0.39 is 42.5 Å². The second kappa shape index (κ2) is 68.3. The summed E-state index contributed by atoms with van der Waals surface area (Å²) in [5, 5.41) is 0. The van der Waals surface area contributed by atoms with Gasteiger partial charge in [0.1, 0.15) is 13.2 Å². The van der Waals surface area contributed by atoms with Gasteiger partial charge in [-0.15, -0.1) is 0 Å². The molecule has 85 heavy (non-hydrogen) atoms. The van der Waals surface area contributed by atoms with E-state index in [-0.39, 0.29) is 26.1 Å². The molecule has 0 radical (unpaired) electrons. The molecular weight excluding hydrogens is 1050 g/mol. The molecular formula is C77H140O8. The topological polar surface area (TPSA) is 105 Å². The Hall–Kier alpha value is -3.16. The number of rotatable bonds is 68. The molecule has 0 unspecified atom stereocenters. The van der Waals surface area contributed by atoms with Crippen LogP contribution in [0.4, 0.5) is 0 Å². The van der Waals surface area contributed by atoms with E-state index in [4.69, 9.17) is 18.9 Å². The van der Waals surface area contributed by atoms with E-state index in [1.165, 1.54) is 193 Å². The SMILES string of the molecule is CCCCCCCC/C=C\CCCCCCCCOC(=O)C(COC(=O)CCCCCCC/C=C\CCCCCCCC)(COC(=O)CCCCCCC/C=C\CCCCCCCC)C(=O)OCCCCCCCC/C=C\CCCCCCCC. The number of esters is 4. The lowest BCUT2D eigenvalue weighted by Gasteiger charge is -2.28. The number of ether oxygens (including phenoxy) is 4. The van der Waals surface area contributed by atoms with E-state index >= 15 is 0 Å². The maximum absolute atomic E-state index is 14.4. The first-order valence-electron chi connectivity index (χ1n) is 37.1. The van der Waals surface area contributed by atoms with Crippen molar-refractivity contribution in [2.24, 2.45) is 5.41 Å². The van der Waals surface area contributed by atoms with Gasteiger partial charge in [-0.1, -0.05) is 295 Å². The highest BCUT2D eigenvalue weighted by molar-refractivity contribution is 6.01. The first kappa shape index (κ1) is 81.8. The van der Waals surface area contributed by atoms with Crippen LogP contribution in [0.25, 0.3) is 0 Å². The molecule has 0 atom stereocenters. The smallest absolute Gasteiger partial charge is 0.330 e. The van der Waals surface area contributed by atoms with Gasteiger partial charge in [0.15, 0.2) is 0 Å². The maximum Gasteiger partial charge on any atom is 0.330 e. The summed E-state index contributed by atoms with van der Waals surface area (Å²) in [5.41, 5.74) is -2.11. The Bertz CT molecular complexity index is 1450. The molecule has 0 N–H and O–H groups in total. The van der Waals surface area contributed by atoms with Crippen molar-refractivity contribution in [1.29, 1.82) is 0 Å². The van der Waals surface area contributed by atoms with Crippen molar-refractivity contribution in [3.05, 3.63) is 48.6 Å². The molecule has 8 nitrogen and oxygen atoms in total. The van der Waals surface area contributed by atoms with Crippen LogP contribution < -0.4 is 0 Å². The molecule has 0 saturated heterocycles. The standard InChI is InChI=1S/C77H140O8/c1-5-9-13-17-21-25-29-33-37-41-45-49-53-57-61-65-69-82-75(80)77(71-84-73(78)67-63-59-55-51-47-43-39-35-31-27-23-19-15-11-7-3,72-85-74(79)68-64-60-56-52-48-44-40-36-32-28-24-20-16-12-8-4)76(81)83-70-66-62-58-54-50-46-42-38-34-30-26-22-18-14-10-6-2/h33-40H,5-32,41-72H2,1-4H3/b37-33-,38-34-,39-35-,40-36-. The average molecular weight is 1190 g/mol. The summed E-state index contributed by atoms with van der Waals surface area (Å²) in [5.74, 6) is -2.67. The largest absolute Gasteiger partial charge is 0.465 e. The molecule has 0 aliphatic carbocycles. The minimum Gasteiger partial charge on any atom is -0.465 e. The monoisotopic (exact) mass is 1190 g/mol. The fraction of sp³-hybridized carbons (Fsp3) is 0.844. The van der Waals surface area contributed by atoms with Crippen LogP contribution >= 0.6 is 0 Å². The van der Waals surface area contributed by atoms with Crippen molar-refractivity contribution in [3.8, 4) is 0 Å². The maximum atomic E-state index is 14.4. The highest BCUT2D eigenvalue weighted by Crippen LogP contribution is 2.27. The average Bonchev–Trinajstić information content (AvgIpc) is 2.57. The van der Waals surface area contributed by atoms with E-state index in [2.05, 4.69) is 76.3 Å². The molecule has 0 aliphatic heterocycles. The minimum absolute atomic E-state index is 0.121. The number of carbonyl (C=O) groups is 4. The third-order valence-electron chi connectivity index (χ3n) is 16.8. The van der Waals surface area contributed by atoms with Gasteiger partial charge in [-0.25, -0.2) is 0 Å². The van der Waals surface area contributed by atoms with Gasteiger partial charge in [-0.2, -0.15) is 0 Å². The molecule has 0 bridgehead atoms. The van der Waals surface area contributed by atoms with Crippen molar-refractivity contribution in [2.45, 2.75) is 387 Å². The number of carbonyl (C=O) groups excluding carboxylic acids is 4. The highest BCUT2D eigenvalue weighted by atomic mass is 16.6. The van der Waals surface area contributed by atoms with Crippen molar-refractivity contribution < 1.29 is 38.1 Å². The van der Waals surface area contributed by atoms with Gasteiger partial charge < -0.3 is 18.9 Å². The van der Waals surface area contributed by atoms with E-state index in [0.29, 0.717) is 25.7 Å². The number of hydrogen-bond acceptors (Lipinski definition) is 8. The Morgan fingerprint density at radius 3 is 0.647 bits per heavy atom. The number of allylic oxidation sites excluding steroid dienone is 8. The van der Waals surface area contributed by atoms with Gasteiger partial charge in [0.25, 0.3) is 0 Å². The Morgan fingerprint density at radius 1 is 0.235 bits per heavy atom. The van der Waals surface area contributed by atoms with Crippen LogP contribution in [-0.2, 0) is 38.1 Å². The molecule has 0 amide bonds. The van der Waals surface area contributed by atoms with Crippen LogP contribution in [-0.4, -0.2) is 50.3 Å². The lowest BCUT2D eigenvalue weighted by Crippen LogP contribution is -2.50. The normalized spacial score (nSPS) is 12.0. The van der Waals surface area contributed by atoms with Crippen LogP contribution in [0.5, 0.6) is 0 Å². The van der Waals surface area contributed by atoms with Crippen LogP contribution in [0.2, 0.25) is 0 Å². The first-order valence-corrected chi connectivity index (χ1v) is 37.1. The zero-order valence-corrected chi connectivity index (χ0v) is 56.8. The summed E-state index contributed by atoms with van der Waals surface area (Å²) in [4.78, 5) is 55.5. The molecule has 0 aromatic rings. The fourth-order valence-electron chi connectivity index (χ4n) is 10.9. The van der Waals surface area contributed by atoms with Crippen LogP contribution in [0, 0.1) is 5.41 Å². The molecule has 0 heterocycles. The molecule has 0 spiro atoms. The van der Waals surface area contributed by atoms with Gasteiger partial charge in [0, 0.05) is 12.8 Å². The third-order valence-corrected chi connectivity index (χ3v) is 16.8. The summed E-state index contributed by atoms with van der Waals surface area (Å²) in [6.07, 6.45) is 81.7. The highest BCUT2D eigenvalue weighted by Gasteiger charge is 2.52. The zero-order valence-electron chi connectivity index (χ0n) is 56.8. The molecule has 0 aromatic heterocycles. The van der Waals surface area contributed by atoms with E-state index in [1.807, 2.05) is 0 Å². The fourth-order valence-corrected chi connectivity index (χ4v) is 10.9. The van der Waals surface area contributed by atoms with Gasteiger partial charge in [0.2, 0.25) is 5.41 Å². The number of hydrogen-bond donors (Lipinski definition) is 0. The summed E-state index contributed by atoms with van der Waals surface area (Å²) >= 11 is 0. The van der Waals surface area contributed by atoms with Gasteiger partial charge in [-0.3, -0.25) is 19.2 Å². The second-order valence-electron chi connectivity index (χ2n) is 25.2. The van der Waals surface area contributed by atoms with E-state index in [1.54, 1.807) is 0 Å². The lowest BCUT2D eigenvalue weighted by atomic mass is 9.90. The predicted octanol–water partition coefficient (Wildman–Crippen LogP) is 24.3. The Morgan fingerprint density at radius 2 is 0.424 bits per heavy atom. The molecule has 0 saturated carbocycles. The van der Waals surface area contributed by atoms with Crippen LogP contribution in [0.3, 0.4) is 0 Å². The van der Waals surface area contributed by atoms with Gasteiger partial charge in [0.05, 0.1) is 13.2 Å². The van der Waals surface area contributed by atoms with Crippen LogP contribution in [0.1, 0.15) is 387 Å². The Balaban J connectivity index is 5.54. The second-order valence-corrected chi connectivity index (χ2v) is 25.2. The molecule has 0 aliphatic rings. The first-order chi connectivity index (χ1) is 41.9. The van der Waals surface area contributed by atoms with Crippen LogP contribution in [0.15, 0.2) is 48.6 Å². The van der Waals surface area contributed by atoms with Crippen molar-refractivity contribution in [3.63, 3.8) is 0 Å². The van der Waals surface area contributed by atoms with Gasteiger partial charge in [-0.05, 0) is 128 Å². The quantitative estimate of drug-likeness (QED) is 0.0195. The summed E-state index contributed by atoms with van der Waals surface area (Å²) in [6, 6.07) is 0. The van der Waals surface area contributed by atoms with E-state index in [9.17, 15) is 19.2 Å². The summed E-state index contributed by atoms with van der Waals surface area (Å²) < 4.78 is 23.4. The van der Waals surface area contributed by atoms with Crippen molar-refractivity contribution in [1.82, 2.24) is 0 Å². The lowest BCUT2D eigenvalue weighted by molar-refractivity contribution is -0.185. The minimum atomic E-state index is -2.11. The molecule has 0 aromatic carbocycles. The molecule has 0 fully saturated rings. The molecule has 496 valence electrons. The summed E-state index contributed by atoms with van der Waals surface area (Å²) in [7, 11) is 0. The predicted molar refractivity (Wildman–Crippen MR) is 364 cm³/mol.